The Balaban J connectivity index is 1.61. The van der Waals surface area contributed by atoms with Crippen molar-refractivity contribution in [1.29, 1.82) is 0 Å². The topological polar surface area (TPSA) is 162 Å². The number of phenolic OH excluding ortho intramolecular Hbond substituents is 8. The summed E-state index contributed by atoms with van der Waals surface area (Å²) in [6.07, 6.45) is 2.56. The maximum absolute atomic E-state index is 11.3. The van der Waals surface area contributed by atoms with Gasteiger partial charge in [-0.1, -0.05) is 0 Å². The van der Waals surface area contributed by atoms with Crippen LogP contribution < -0.4 is 0 Å². The molecule has 4 aliphatic rings. The van der Waals surface area contributed by atoms with Gasteiger partial charge in [-0.05, 0) is 111 Å². The van der Waals surface area contributed by atoms with Crippen molar-refractivity contribution in [3.8, 4) is 46.0 Å². The van der Waals surface area contributed by atoms with E-state index in [1.165, 1.54) is 48.5 Å². The first kappa shape index (κ1) is 26.2. The van der Waals surface area contributed by atoms with Crippen LogP contribution in [0.15, 0.2) is 72.8 Å². The van der Waals surface area contributed by atoms with E-state index in [1.807, 2.05) is 0 Å². The van der Waals surface area contributed by atoms with Gasteiger partial charge >= 0.3 is 0 Å². The van der Waals surface area contributed by atoms with Crippen LogP contribution in [0.1, 0.15) is 60.8 Å². The molecule has 0 unspecified atom stereocenters. The number of hydrogen-bond acceptors (Lipinski definition) is 8. The van der Waals surface area contributed by atoms with Crippen molar-refractivity contribution in [3.63, 3.8) is 0 Å². The first-order chi connectivity index (χ1) is 19.9. The second-order valence-electron chi connectivity index (χ2n) is 13.0. The second kappa shape index (κ2) is 8.41. The van der Waals surface area contributed by atoms with Gasteiger partial charge in [-0.25, -0.2) is 0 Å². The van der Waals surface area contributed by atoms with Gasteiger partial charge in [0, 0.05) is 43.9 Å². The van der Waals surface area contributed by atoms with Gasteiger partial charge in [0.15, 0.2) is 0 Å². The summed E-state index contributed by atoms with van der Waals surface area (Å²) < 4.78 is 0. The van der Waals surface area contributed by atoms with Gasteiger partial charge in [0.2, 0.25) is 0 Å². The zero-order valence-corrected chi connectivity index (χ0v) is 22.7. The fourth-order valence-corrected chi connectivity index (χ4v) is 9.57. The highest BCUT2D eigenvalue weighted by Gasteiger charge is 2.71. The van der Waals surface area contributed by atoms with E-state index in [0.717, 1.165) is 0 Å². The standard InChI is InChI=1S/C34H32O8/c35-19-1-5-27(39)23(9-19)31-13-32(24-10-20(36)2-6-28(24)40)16-33(14-31,25-11-21(37)3-7-29(25)41)18-34(15-31,17-32)26-12-22(38)4-8-30(26)42/h1-12,35-42H,13-18H2. The molecule has 8 rings (SSSR count). The number of hydrogen-bond donors (Lipinski definition) is 8. The summed E-state index contributed by atoms with van der Waals surface area (Å²) in [7, 11) is 0. The molecule has 0 spiro atoms. The third-order valence-electron chi connectivity index (χ3n) is 10.3. The summed E-state index contributed by atoms with van der Waals surface area (Å²) in [5.74, 6) is -0.197. The predicted octanol–water partition coefficient (Wildman–Crippen LogP) is 5.76. The molecule has 4 aliphatic carbocycles. The SMILES string of the molecule is Oc1ccc(O)c(C23CC4(c5cc(O)ccc5O)CC(c5cc(O)ccc5O)(C2)CC(c2cc(O)ccc2O)(C3)C4)c1. The van der Waals surface area contributed by atoms with Crippen molar-refractivity contribution >= 4 is 0 Å². The molecule has 4 fully saturated rings. The maximum atomic E-state index is 11.3. The Morgan fingerprint density at radius 3 is 0.690 bits per heavy atom. The Morgan fingerprint density at radius 2 is 0.500 bits per heavy atom. The summed E-state index contributed by atoms with van der Waals surface area (Å²) in [6, 6.07) is 17.6. The molecule has 4 aromatic rings. The molecule has 0 aromatic heterocycles. The second-order valence-corrected chi connectivity index (χ2v) is 13.0. The third-order valence-corrected chi connectivity index (χ3v) is 10.3. The Labute approximate surface area is 242 Å². The lowest BCUT2D eigenvalue weighted by Gasteiger charge is -2.71. The third kappa shape index (κ3) is 3.60. The van der Waals surface area contributed by atoms with E-state index < -0.39 is 21.7 Å². The largest absolute Gasteiger partial charge is 0.508 e. The Hall–Kier alpha value is -4.72. The van der Waals surface area contributed by atoms with E-state index in [2.05, 4.69) is 0 Å². The van der Waals surface area contributed by atoms with Crippen molar-refractivity contribution in [2.45, 2.75) is 60.2 Å². The van der Waals surface area contributed by atoms with Crippen molar-refractivity contribution in [3.05, 3.63) is 95.1 Å². The molecular weight excluding hydrogens is 536 g/mol. The normalized spacial score (nSPS) is 29.5. The van der Waals surface area contributed by atoms with Crippen LogP contribution in [0.4, 0.5) is 0 Å². The van der Waals surface area contributed by atoms with Crippen LogP contribution in [-0.2, 0) is 21.7 Å². The number of phenols is 8. The maximum Gasteiger partial charge on any atom is 0.119 e. The van der Waals surface area contributed by atoms with Crippen LogP contribution in [0.5, 0.6) is 46.0 Å². The first-order valence-electron chi connectivity index (χ1n) is 14.0. The number of aromatic hydroxyl groups is 8. The molecule has 4 saturated carbocycles. The number of rotatable bonds is 4. The van der Waals surface area contributed by atoms with Crippen LogP contribution in [0, 0.1) is 0 Å². The number of benzene rings is 4. The molecular formula is C34H32O8. The molecule has 4 bridgehead atoms. The minimum atomic E-state index is -0.856. The summed E-state index contributed by atoms with van der Waals surface area (Å²) in [5.41, 5.74) is -1.43. The molecule has 8 heteroatoms. The van der Waals surface area contributed by atoms with E-state index >= 15 is 0 Å². The molecule has 0 radical (unpaired) electrons. The molecule has 8 N–H and O–H groups in total. The smallest absolute Gasteiger partial charge is 0.119 e. The molecule has 8 nitrogen and oxygen atoms in total. The molecule has 0 saturated heterocycles. The zero-order valence-electron chi connectivity index (χ0n) is 22.7. The van der Waals surface area contributed by atoms with Crippen molar-refractivity contribution < 1.29 is 40.9 Å². The van der Waals surface area contributed by atoms with E-state index in [1.54, 1.807) is 24.3 Å². The lowest BCUT2D eigenvalue weighted by Crippen LogP contribution is -2.67. The lowest BCUT2D eigenvalue weighted by atomic mass is 9.32. The molecule has 42 heavy (non-hydrogen) atoms. The fraction of sp³-hybridized carbons (Fsp3) is 0.294. The minimum absolute atomic E-state index is 0.0180. The van der Waals surface area contributed by atoms with Gasteiger partial charge in [-0.2, -0.15) is 0 Å². The molecule has 0 heterocycles. The highest BCUT2D eigenvalue weighted by Crippen LogP contribution is 2.77. The molecule has 0 amide bonds. The summed E-state index contributed by atoms with van der Waals surface area (Å²) in [6.45, 7) is 0. The molecule has 0 atom stereocenters. The van der Waals surface area contributed by atoms with E-state index in [4.69, 9.17) is 0 Å². The average Bonchev–Trinajstić information content (AvgIpc) is 2.93. The van der Waals surface area contributed by atoms with E-state index in [9.17, 15) is 40.9 Å². The average molecular weight is 569 g/mol. The van der Waals surface area contributed by atoms with Crippen LogP contribution >= 0.6 is 0 Å². The predicted molar refractivity (Wildman–Crippen MR) is 154 cm³/mol. The summed E-state index contributed by atoms with van der Waals surface area (Å²) in [5, 5.41) is 87.5. The van der Waals surface area contributed by atoms with Crippen LogP contribution in [0.2, 0.25) is 0 Å². The lowest BCUT2D eigenvalue weighted by molar-refractivity contribution is -0.0717. The zero-order chi connectivity index (χ0) is 29.7. The Kier molecular flexibility index (Phi) is 5.24. The van der Waals surface area contributed by atoms with E-state index in [-0.39, 0.29) is 46.0 Å². The van der Waals surface area contributed by atoms with Crippen molar-refractivity contribution in [1.82, 2.24) is 0 Å². The minimum Gasteiger partial charge on any atom is -0.508 e. The van der Waals surface area contributed by atoms with E-state index in [0.29, 0.717) is 60.8 Å². The molecule has 0 aliphatic heterocycles. The van der Waals surface area contributed by atoms with Gasteiger partial charge in [0.05, 0.1) is 0 Å². The fourth-order valence-electron chi connectivity index (χ4n) is 9.57. The molecule has 216 valence electrons. The Morgan fingerprint density at radius 1 is 0.310 bits per heavy atom. The Bertz CT molecular complexity index is 1470. The summed E-state index contributed by atoms with van der Waals surface area (Å²) in [4.78, 5) is 0. The summed E-state index contributed by atoms with van der Waals surface area (Å²) >= 11 is 0. The van der Waals surface area contributed by atoms with Gasteiger partial charge < -0.3 is 40.9 Å². The molecule has 4 aromatic carbocycles. The quantitative estimate of drug-likeness (QED) is 0.144. The monoisotopic (exact) mass is 568 g/mol. The van der Waals surface area contributed by atoms with Gasteiger partial charge in [-0.3, -0.25) is 0 Å². The van der Waals surface area contributed by atoms with Crippen LogP contribution in [0.25, 0.3) is 0 Å². The van der Waals surface area contributed by atoms with Crippen molar-refractivity contribution in [2.24, 2.45) is 0 Å². The highest BCUT2D eigenvalue weighted by molar-refractivity contribution is 5.59. The van der Waals surface area contributed by atoms with Gasteiger partial charge in [0.1, 0.15) is 46.0 Å². The van der Waals surface area contributed by atoms with Crippen LogP contribution in [0.3, 0.4) is 0 Å². The first-order valence-corrected chi connectivity index (χ1v) is 14.0. The van der Waals surface area contributed by atoms with Crippen molar-refractivity contribution in [2.75, 3.05) is 0 Å². The van der Waals surface area contributed by atoms with Crippen LogP contribution in [-0.4, -0.2) is 40.9 Å². The van der Waals surface area contributed by atoms with Gasteiger partial charge in [0.25, 0.3) is 0 Å². The highest BCUT2D eigenvalue weighted by atomic mass is 16.3. The van der Waals surface area contributed by atoms with Gasteiger partial charge in [-0.15, -0.1) is 0 Å².